The summed E-state index contributed by atoms with van der Waals surface area (Å²) < 4.78 is 1.63. The summed E-state index contributed by atoms with van der Waals surface area (Å²) in [6.45, 7) is 0.490. The maximum absolute atomic E-state index is 12.2. The van der Waals surface area contributed by atoms with Crippen molar-refractivity contribution in [1.82, 2.24) is 19.7 Å². The average molecular weight is 294 g/mol. The van der Waals surface area contributed by atoms with Gasteiger partial charge in [-0.25, -0.2) is 4.68 Å². The van der Waals surface area contributed by atoms with E-state index in [-0.39, 0.29) is 5.56 Å². The Hall–Kier alpha value is -3.14. The highest BCUT2D eigenvalue weighted by molar-refractivity contribution is 5.76. The summed E-state index contributed by atoms with van der Waals surface area (Å²) in [5.74, 6) is 0.422. The Labute approximate surface area is 126 Å². The van der Waals surface area contributed by atoms with Gasteiger partial charge in [0.05, 0.1) is 24.4 Å². The lowest BCUT2D eigenvalue weighted by molar-refractivity contribution is 0.847. The minimum Gasteiger partial charge on any atom is -0.344 e. The average Bonchev–Trinajstić information content (AvgIpc) is 2.98. The van der Waals surface area contributed by atoms with Crippen LogP contribution in [0.3, 0.4) is 0 Å². The molecule has 0 spiro atoms. The number of aromatic nitrogens is 4. The van der Waals surface area contributed by atoms with Crippen LogP contribution in [0.2, 0.25) is 0 Å². The molecule has 7 nitrogen and oxygen atoms in total. The summed E-state index contributed by atoms with van der Waals surface area (Å²) in [6.07, 6.45) is 1.86. The van der Waals surface area contributed by atoms with Gasteiger partial charge >= 0.3 is 0 Å². The standard InChI is InChI=1S/C15H14N6O/c1-20(9-5-8-16)15-18-13-12(14(22)19-15)10-17-21(13)11-6-3-2-4-7-11/h2-4,6-7,10H,5,9H2,1H3,(H,18,19,22). The fourth-order valence-corrected chi connectivity index (χ4v) is 2.17. The number of anilines is 1. The topological polar surface area (TPSA) is 90.6 Å². The van der Waals surface area contributed by atoms with Gasteiger partial charge in [0.15, 0.2) is 5.65 Å². The lowest BCUT2D eigenvalue weighted by Gasteiger charge is -2.15. The van der Waals surface area contributed by atoms with E-state index in [2.05, 4.69) is 21.1 Å². The summed E-state index contributed by atoms with van der Waals surface area (Å²) in [5, 5.41) is 13.3. The number of nitrogens with one attached hydrogen (secondary N) is 1. The highest BCUT2D eigenvalue weighted by atomic mass is 16.1. The lowest BCUT2D eigenvalue weighted by atomic mass is 10.3. The van der Waals surface area contributed by atoms with Gasteiger partial charge in [-0.15, -0.1) is 0 Å². The van der Waals surface area contributed by atoms with Crippen LogP contribution in [0.15, 0.2) is 41.3 Å². The number of aromatic amines is 1. The Morgan fingerprint density at radius 3 is 2.86 bits per heavy atom. The molecule has 0 fully saturated rings. The zero-order valence-electron chi connectivity index (χ0n) is 12.0. The molecule has 0 aliphatic rings. The molecule has 3 aromatic rings. The van der Waals surface area contributed by atoms with Crippen molar-refractivity contribution in [2.24, 2.45) is 0 Å². The maximum atomic E-state index is 12.2. The SMILES string of the molecule is CN(CCC#N)c1nc2c(cnn2-c2ccccc2)c(=O)[nH]1. The van der Waals surface area contributed by atoms with Crippen molar-refractivity contribution >= 4 is 17.0 Å². The number of benzene rings is 1. The fraction of sp³-hybridized carbons (Fsp3) is 0.200. The second-order valence-corrected chi connectivity index (χ2v) is 4.85. The van der Waals surface area contributed by atoms with Crippen molar-refractivity contribution < 1.29 is 0 Å². The zero-order valence-corrected chi connectivity index (χ0v) is 12.0. The largest absolute Gasteiger partial charge is 0.344 e. The third-order valence-electron chi connectivity index (χ3n) is 3.35. The van der Waals surface area contributed by atoms with Crippen LogP contribution < -0.4 is 10.5 Å². The van der Waals surface area contributed by atoms with Crippen LogP contribution >= 0.6 is 0 Å². The molecule has 0 aliphatic heterocycles. The Morgan fingerprint density at radius 1 is 1.36 bits per heavy atom. The Balaban J connectivity index is 2.12. The van der Waals surface area contributed by atoms with Crippen molar-refractivity contribution in [3.8, 4) is 11.8 Å². The highest BCUT2D eigenvalue weighted by Crippen LogP contribution is 2.15. The number of hydrogen-bond acceptors (Lipinski definition) is 5. The third kappa shape index (κ3) is 2.42. The summed E-state index contributed by atoms with van der Waals surface area (Å²) in [4.78, 5) is 21.1. The number of hydrogen-bond donors (Lipinski definition) is 1. The molecule has 0 saturated heterocycles. The molecule has 7 heteroatoms. The van der Waals surface area contributed by atoms with Gasteiger partial charge in [-0.1, -0.05) is 18.2 Å². The normalized spacial score (nSPS) is 10.5. The van der Waals surface area contributed by atoms with Crippen LogP contribution in [-0.2, 0) is 0 Å². The summed E-state index contributed by atoms with van der Waals surface area (Å²) >= 11 is 0. The van der Waals surface area contributed by atoms with Crippen molar-refractivity contribution in [1.29, 1.82) is 5.26 Å². The van der Waals surface area contributed by atoms with Gasteiger partial charge in [-0.3, -0.25) is 9.78 Å². The predicted molar refractivity (Wildman–Crippen MR) is 83.0 cm³/mol. The number of fused-ring (bicyclic) bond motifs is 1. The van der Waals surface area contributed by atoms with Gasteiger partial charge in [-0.2, -0.15) is 15.3 Å². The van der Waals surface area contributed by atoms with Crippen molar-refractivity contribution in [3.05, 3.63) is 46.9 Å². The molecule has 110 valence electrons. The summed E-state index contributed by atoms with van der Waals surface area (Å²) in [6, 6.07) is 11.6. The van der Waals surface area contributed by atoms with E-state index in [4.69, 9.17) is 5.26 Å². The third-order valence-corrected chi connectivity index (χ3v) is 3.35. The van der Waals surface area contributed by atoms with Crippen LogP contribution in [0.5, 0.6) is 0 Å². The van der Waals surface area contributed by atoms with E-state index in [9.17, 15) is 4.79 Å². The molecule has 3 rings (SSSR count). The number of H-pyrrole nitrogens is 1. The molecule has 22 heavy (non-hydrogen) atoms. The molecule has 0 bridgehead atoms. The Kier molecular flexibility index (Phi) is 3.58. The zero-order chi connectivity index (χ0) is 15.5. The van der Waals surface area contributed by atoms with Gasteiger partial charge in [0, 0.05) is 13.6 Å². The molecule has 0 amide bonds. The highest BCUT2D eigenvalue weighted by Gasteiger charge is 2.13. The van der Waals surface area contributed by atoms with Crippen LogP contribution in [0, 0.1) is 11.3 Å². The van der Waals surface area contributed by atoms with E-state index in [0.717, 1.165) is 5.69 Å². The second kappa shape index (κ2) is 5.69. The molecule has 0 radical (unpaired) electrons. The predicted octanol–water partition coefficient (Wildman–Crippen LogP) is 1.46. The minimum absolute atomic E-state index is 0.244. The van der Waals surface area contributed by atoms with Crippen molar-refractivity contribution in [2.75, 3.05) is 18.5 Å². The monoisotopic (exact) mass is 294 g/mol. The van der Waals surface area contributed by atoms with Crippen LogP contribution in [0.4, 0.5) is 5.95 Å². The second-order valence-electron chi connectivity index (χ2n) is 4.85. The summed E-state index contributed by atoms with van der Waals surface area (Å²) in [7, 11) is 1.78. The lowest BCUT2D eigenvalue weighted by Crippen LogP contribution is -2.24. The molecule has 0 atom stereocenters. The van der Waals surface area contributed by atoms with E-state index < -0.39 is 0 Å². The van der Waals surface area contributed by atoms with Crippen LogP contribution in [0.1, 0.15) is 6.42 Å². The van der Waals surface area contributed by atoms with Gasteiger partial charge in [0.25, 0.3) is 5.56 Å². The van der Waals surface area contributed by atoms with Crippen molar-refractivity contribution in [2.45, 2.75) is 6.42 Å². The first-order chi connectivity index (χ1) is 10.7. The van der Waals surface area contributed by atoms with Gasteiger partial charge < -0.3 is 4.90 Å². The van der Waals surface area contributed by atoms with E-state index in [0.29, 0.717) is 29.9 Å². The van der Waals surface area contributed by atoms with E-state index in [1.807, 2.05) is 30.3 Å². The Morgan fingerprint density at radius 2 is 2.14 bits per heavy atom. The fourth-order valence-electron chi connectivity index (χ4n) is 2.17. The molecular formula is C15H14N6O. The van der Waals surface area contributed by atoms with E-state index in [1.54, 1.807) is 16.6 Å². The molecule has 1 aromatic carbocycles. The summed E-state index contributed by atoms with van der Waals surface area (Å²) in [5.41, 5.74) is 1.08. The molecule has 0 saturated carbocycles. The molecule has 2 aromatic heterocycles. The molecular weight excluding hydrogens is 280 g/mol. The van der Waals surface area contributed by atoms with E-state index in [1.165, 1.54) is 6.20 Å². The smallest absolute Gasteiger partial charge is 0.263 e. The molecule has 2 heterocycles. The van der Waals surface area contributed by atoms with Crippen LogP contribution in [0.25, 0.3) is 16.7 Å². The van der Waals surface area contributed by atoms with Gasteiger partial charge in [0.1, 0.15) is 5.39 Å². The number of rotatable bonds is 4. The van der Waals surface area contributed by atoms with Gasteiger partial charge in [-0.05, 0) is 12.1 Å². The van der Waals surface area contributed by atoms with Crippen molar-refractivity contribution in [3.63, 3.8) is 0 Å². The molecule has 0 unspecified atom stereocenters. The molecule has 1 N–H and O–H groups in total. The maximum Gasteiger partial charge on any atom is 0.263 e. The first-order valence-corrected chi connectivity index (χ1v) is 6.82. The first kappa shape index (κ1) is 13.8. The Bertz CT molecular complexity index is 890. The van der Waals surface area contributed by atoms with E-state index >= 15 is 0 Å². The van der Waals surface area contributed by atoms with Crippen LogP contribution in [-0.4, -0.2) is 33.3 Å². The minimum atomic E-state index is -0.244. The quantitative estimate of drug-likeness (QED) is 0.786. The van der Waals surface area contributed by atoms with Gasteiger partial charge in [0.2, 0.25) is 5.95 Å². The number of nitriles is 1. The first-order valence-electron chi connectivity index (χ1n) is 6.82. The number of para-hydroxylation sites is 1. The molecule has 0 aliphatic carbocycles. The number of nitrogens with zero attached hydrogens (tertiary/aromatic N) is 5.